The molecule has 20 heavy (non-hydrogen) atoms. The monoisotopic (exact) mass is 294 g/mol. The second-order valence-corrected chi connectivity index (χ2v) is 4.95. The van der Waals surface area contributed by atoms with Gasteiger partial charge in [0.15, 0.2) is 0 Å². The topological polar surface area (TPSA) is 71.8 Å². The van der Waals surface area contributed by atoms with Crippen molar-refractivity contribution >= 4 is 34.5 Å². The third-order valence-corrected chi connectivity index (χ3v) is 3.60. The zero-order valence-electron chi connectivity index (χ0n) is 10.5. The summed E-state index contributed by atoms with van der Waals surface area (Å²) in [6, 6.07) is 5.93. The first kappa shape index (κ1) is 13.0. The van der Waals surface area contributed by atoms with Crippen LogP contribution in [0.4, 0.5) is 4.79 Å². The molecule has 0 spiro atoms. The van der Waals surface area contributed by atoms with Crippen LogP contribution in [-0.2, 0) is 9.63 Å². The van der Waals surface area contributed by atoms with Gasteiger partial charge in [0, 0.05) is 10.4 Å². The number of carboxylic acids is 1. The molecule has 0 bridgehead atoms. The summed E-state index contributed by atoms with van der Waals surface area (Å²) in [6.07, 6.45) is -0.219. The summed E-state index contributed by atoms with van der Waals surface area (Å²) in [6.45, 7) is 0. The number of carboxylic acid groups (broad SMARTS) is 1. The molecule has 1 unspecified atom stereocenters. The fourth-order valence-corrected chi connectivity index (χ4v) is 2.73. The number of hydrogen-bond acceptors (Lipinski definition) is 3. The van der Waals surface area contributed by atoms with Crippen LogP contribution in [0.3, 0.4) is 0 Å². The molecule has 1 aliphatic rings. The fourth-order valence-electron chi connectivity index (χ4n) is 2.56. The lowest BCUT2D eigenvalue weighted by Gasteiger charge is -2.19. The number of benzene rings is 1. The Morgan fingerprint density at radius 3 is 2.85 bits per heavy atom. The largest absolute Gasteiger partial charge is 0.481 e. The average molecular weight is 295 g/mol. The van der Waals surface area contributed by atoms with Gasteiger partial charge in [0.1, 0.15) is 6.04 Å². The van der Waals surface area contributed by atoms with Crippen molar-refractivity contribution in [2.45, 2.75) is 12.5 Å². The molecular formula is C13H11ClN2O4. The molecule has 1 aromatic heterocycles. The number of rotatable bonds is 3. The lowest BCUT2D eigenvalue weighted by molar-refractivity contribution is -0.146. The summed E-state index contributed by atoms with van der Waals surface area (Å²) in [7, 11) is 1.34. The molecule has 0 fully saturated rings. The van der Waals surface area contributed by atoms with E-state index in [2.05, 4.69) is 0 Å². The Kier molecular flexibility index (Phi) is 2.92. The number of carbonyl (C=O) groups is 2. The maximum atomic E-state index is 12.3. The average Bonchev–Trinajstić information content (AvgIpc) is 2.86. The van der Waals surface area contributed by atoms with Gasteiger partial charge in [-0.15, -0.1) is 0 Å². The Morgan fingerprint density at radius 1 is 1.45 bits per heavy atom. The highest BCUT2D eigenvalue weighted by Crippen LogP contribution is 2.37. The van der Waals surface area contributed by atoms with Gasteiger partial charge in [0.25, 0.3) is 0 Å². The van der Waals surface area contributed by atoms with Crippen LogP contribution in [0.1, 0.15) is 18.2 Å². The minimum absolute atomic E-state index is 0.219. The van der Waals surface area contributed by atoms with Crippen LogP contribution < -0.4 is 0 Å². The van der Waals surface area contributed by atoms with Gasteiger partial charge < -0.3 is 5.11 Å². The molecule has 0 saturated carbocycles. The summed E-state index contributed by atoms with van der Waals surface area (Å²) >= 11 is 5.95. The first-order valence-electron chi connectivity index (χ1n) is 5.93. The molecule has 1 atom stereocenters. The van der Waals surface area contributed by atoms with Crippen molar-refractivity contribution in [3.63, 3.8) is 0 Å². The van der Waals surface area contributed by atoms with Crippen LogP contribution >= 0.6 is 11.6 Å². The first-order valence-corrected chi connectivity index (χ1v) is 6.31. The van der Waals surface area contributed by atoms with Crippen molar-refractivity contribution in [3.05, 3.63) is 35.0 Å². The highest BCUT2D eigenvalue weighted by Gasteiger charge is 2.40. The molecular weight excluding hydrogens is 284 g/mol. The van der Waals surface area contributed by atoms with E-state index in [1.54, 1.807) is 24.3 Å². The predicted octanol–water partition coefficient (Wildman–Crippen LogP) is 2.66. The normalized spacial score (nSPS) is 17.8. The van der Waals surface area contributed by atoms with E-state index in [9.17, 15) is 9.59 Å². The second-order valence-electron chi connectivity index (χ2n) is 4.51. The van der Waals surface area contributed by atoms with Gasteiger partial charge in [-0.3, -0.25) is 14.2 Å². The van der Waals surface area contributed by atoms with Crippen LogP contribution in [-0.4, -0.2) is 33.8 Å². The molecule has 104 valence electrons. The van der Waals surface area contributed by atoms with Crippen LogP contribution in [0.5, 0.6) is 0 Å². The molecule has 1 amide bonds. The van der Waals surface area contributed by atoms with E-state index in [-0.39, 0.29) is 6.42 Å². The SMILES string of the molecule is CON1C(=O)n2c(cc3ccc(Cl)cc32)C1CC(=O)O. The molecule has 6 nitrogen and oxygen atoms in total. The number of aromatic nitrogens is 1. The zero-order valence-corrected chi connectivity index (χ0v) is 11.3. The third-order valence-electron chi connectivity index (χ3n) is 3.36. The summed E-state index contributed by atoms with van der Waals surface area (Å²) in [5, 5.41) is 11.4. The fraction of sp³-hybridized carbons (Fsp3) is 0.231. The van der Waals surface area contributed by atoms with Crippen LogP contribution in [0.15, 0.2) is 24.3 Å². The van der Waals surface area contributed by atoms with Crippen molar-refractivity contribution in [1.29, 1.82) is 0 Å². The van der Waals surface area contributed by atoms with E-state index in [4.69, 9.17) is 21.5 Å². The van der Waals surface area contributed by atoms with E-state index in [1.807, 2.05) is 0 Å². The van der Waals surface area contributed by atoms with Crippen LogP contribution in [0.2, 0.25) is 5.02 Å². The van der Waals surface area contributed by atoms with Crippen molar-refractivity contribution < 1.29 is 19.5 Å². The minimum atomic E-state index is -0.999. The molecule has 2 aromatic rings. The van der Waals surface area contributed by atoms with Crippen LogP contribution in [0, 0.1) is 0 Å². The Balaban J connectivity index is 2.20. The molecule has 7 heteroatoms. The van der Waals surface area contributed by atoms with Gasteiger partial charge in [-0.2, -0.15) is 5.06 Å². The summed E-state index contributed by atoms with van der Waals surface area (Å²) in [4.78, 5) is 28.3. The van der Waals surface area contributed by atoms with Crippen LogP contribution in [0.25, 0.3) is 10.9 Å². The highest BCUT2D eigenvalue weighted by atomic mass is 35.5. The standard InChI is InChI=1S/C13H11ClN2O4/c1-20-16-11(6-12(17)18)10-4-7-2-3-8(14)5-9(7)15(10)13(16)19/h2-5,11H,6H2,1H3,(H,17,18). The maximum absolute atomic E-state index is 12.3. The van der Waals surface area contributed by atoms with Crippen molar-refractivity contribution in [2.24, 2.45) is 0 Å². The minimum Gasteiger partial charge on any atom is -0.481 e. The maximum Gasteiger partial charge on any atom is 0.353 e. The van der Waals surface area contributed by atoms with E-state index in [0.717, 1.165) is 10.4 Å². The van der Waals surface area contributed by atoms with Crippen molar-refractivity contribution in [3.8, 4) is 0 Å². The Hall–Kier alpha value is -2.05. The van der Waals surface area contributed by atoms with E-state index in [1.165, 1.54) is 11.7 Å². The third kappa shape index (κ3) is 1.76. The quantitative estimate of drug-likeness (QED) is 0.944. The highest BCUT2D eigenvalue weighted by molar-refractivity contribution is 6.31. The Labute approximate surface area is 119 Å². The Bertz CT molecular complexity index is 724. The molecule has 0 aliphatic carbocycles. The molecule has 1 aliphatic heterocycles. The molecule has 2 heterocycles. The van der Waals surface area contributed by atoms with E-state index >= 15 is 0 Å². The molecule has 3 rings (SSSR count). The number of aliphatic carboxylic acids is 1. The number of amides is 1. The van der Waals surface area contributed by atoms with Gasteiger partial charge in [-0.25, -0.2) is 4.79 Å². The summed E-state index contributed by atoms with van der Waals surface area (Å²) in [5.41, 5.74) is 1.24. The van der Waals surface area contributed by atoms with Crippen molar-refractivity contribution in [1.82, 2.24) is 9.63 Å². The number of hydroxylamine groups is 2. The Morgan fingerprint density at radius 2 is 2.20 bits per heavy atom. The van der Waals surface area contributed by atoms with Gasteiger partial charge in [-0.05, 0) is 18.2 Å². The van der Waals surface area contributed by atoms with E-state index < -0.39 is 18.0 Å². The number of nitrogens with zero attached hydrogens (tertiary/aromatic N) is 2. The van der Waals surface area contributed by atoms with E-state index in [0.29, 0.717) is 16.2 Å². The number of halogens is 1. The summed E-state index contributed by atoms with van der Waals surface area (Å²) in [5.74, 6) is -0.999. The lowest BCUT2D eigenvalue weighted by Crippen LogP contribution is -2.29. The number of carbonyl (C=O) groups excluding carboxylic acids is 1. The number of hydrogen-bond donors (Lipinski definition) is 1. The van der Waals surface area contributed by atoms with Gasteiger partial charge in [0.2, 0.25) is 0 Å². The zero-order chi connectivity index (χ0) is 14.4. The first-order chi connectivity index (χ1) is 9.52. The molecule has 1 N–H and O–H groups in total. The smallest absolute Gasteiger partial charge is 0.353 e. The lowest BCUT2D eigenvalue weighted by atomic mass is 10.1. The van der Waals surface area contributed by atoms with Gasteiger partial charge in [-0.1, -0.05) is 17.7 Å². The van der Waals surface area contributed by atoms with Gasteiger partial charge >= 0.3 is 12.0 Å². The number of fused-ring (bicyclic) bond motifs is 3. The summed E-state index contributed by atoms with van der Waals surface area (Å²) < 4.78 is 1.44. The molecule has 0 saturated heterocycles. The van der Waals surface area contributed by atoms with Gasteiger partial charge in [0.05, 0.1) is 24.7 Å². The predicted molar refractivity (Wildman–Crippen MR) is 71.6 cm³/mol. The molecule has 0 radical (unpaired) electrons. The molecule has 1 aromatic carbocycles. The van der Waals surface area contributed by atoms with Crippen molar-refractivity contribution in [2.75, 3.05) is 7.11 Å². The second kappa shape index (κ2) is 4.50.